The molecule has 25 heavy (non-hydrogen) atoms. The highest BCUT2D eigenvalue weighted by Gasteiger charge is 2.31. The molecule has 1 aliphatic rings. The quantitative estimate of drug-likeness (QED) is 0.643. The van der Waals surface area contributed by atoms with Crippen molar-refractivity contribution in [1.82, 2.24) is 4.90 Å². The molecule has 3 rings (SSSR count). The van der Waals surface area contributed by atoms with Crippen molar-refractivity contribution < 1.29 is 9.53 Å². The summed E-state index contributed by atoms with van der Waals surface area (Å²) in [5, 5.41) is 3.02. The Hall–Kier alpha value is -1.31. The Balaban J connectivity index is 1.76. The first-order valence-electron chi connectivity index (χ1n) is 7.79. The van der Waals surface area contributed by atoms with Gasteiger partial charge in [-0.1, -0.05) is 12.1 Å². The monoisotopic (exact) mass is 438 g/mol. The molecule has 7 heteroatoms. The molecule has 4 nitrogen and oxygen atoms in total. The van der Waals surface area contributed by atoms with Crippen molar-refractivity contribution in [2.45, 2.75) is 10.3 Å². The van der Waals surface area contributed by atoms with E-state index in [1.165, 1.54) is 0 Å². The molecule has 1 N–H and O–H groups in total. The number of amides is 2. The summed E-state index contributed by atoms with van der Waals surface area (Å²) in [5.41, 5.74) is 1.91. The number of nitrogens with one attached hydrogen (secondary N) is 1. The van der Waals surface area contributed by atoms with Gasteiger partial charge in [0, 0.05) is 22.9 Å². The second-order valence-electron chi connectivity index (χ2n) is 5.47. The summed E-state index contributed by atoms with van der Waals surface area (Å²) in [6, 6.07) is 13.8. The predicted octanol–water partition coefficient (Wildman–Crippen LogP) is 5.46. The van der Waals surface area contributed by atoms with Gasteiger partial charge in [-0.25, -0.2) is 4.79 Å². The Morgan fingerprint density at radius 1 is 1.36 bits per heavy atom. The molecule has 0 spiro atoms. The number of halogens is 1. The van der Waals surface area contributed by atoms with E-state index in [9.17, 15) is 4.79 Å². The summed E-state index contributed by atoms with van der Waals surface area (Å²) in [6.07, 6.45) is 2.02. The van der Waals surface area contributed by atoms with Crippen LogP contribution in [0.25, 0.3) is 0 Å². The summed E-state index contributed by atoms with van der Waals surface area (Å²) >= 11 is 6.96. The average Bonchev–Trinajstić information content (AvgIpc) is 3.11. The molecule has 2 amide bonds. The van der Waals surface area contributed by atoms with Crippen LogP contribution in [-0.4, -0.2) is 36.6 Å². The number of rotatable bonds is 4. The van der Waals surface area contributed by atoms with Crippen molar-refractivity contribution in [3.63, 3.8) is 0 Å². The van der Waals surface area contributed by atoms with Crippen LogP contribution in [0.4, 0.5) is 10.5 Å². The Bertz CT molecular complexity index is 772. The third kappa shape index (κ3) is 4.27. The van der Waals surface area contributed by atoms with Crippen LogP contribution in [-0.2, 0) is 0 Å². The zero-order chi connectivity index (χ0) is 17.8. The minimum atomic E-state index is -0.0693. The number of hydrogen-bond acceptors (Lipinski definition) is 4. The van der Waals surface area contributed by atoms with Crippen LogP contribution in [0.3, 0.4) is 0 Å². The van der Waals surface area contributed by atoms with Gasteiger partial charge < -0.3 is 15.0 Å². The topological polar surface area (TPSA) is 41.6 Å². The molecule has 1 fully saturated rings. The number of benzene rings is 2. The lowest BCUT2D eigenvalue weighted by molar-refractivity contribution is 0.214. The maximum atomic E-state index is 12.8. The van der Waals surface area contributed by atoms with Crippen LogP contribution < -0.4 is 10.1 Å². The summed E-state index contributed by atoms with van der Waals surface area (Å²) in [6.45, 7) is 0.729. The first-order chi connectivity index (χ1) is 12.1. The molecule has 0 aliphatic carbocycles. The SMILES string of the molecule is COc1ccc(C2SCCN2C(=O)Nc2cccc(SC)c2)cc1Br. The lowest BCUT2D eigenvalue weighted by atomic mass is 10.2. The van der Waals surface area contributed by atoms with Crippen molar-refractivity contribution in [3.8, 4) is 5.75 Å². The Morgan fingerprint density at radius 2 is 2.20 bits per heavy atom. The van der Waals surface area contributed by atoms with E-state index in [4.69, 9.17) is 4.74 Å². The smallest absolute Gasteiger partial charge is 0.323 e. The maximum absolute atomic E-state index is 12.8. The molecule has 1 atom stereocenters. The molecule has 0 saturated carbocycles. The van der Waals surface area contributed by atoms with E-state index >= 15 is 0 Å². The third-order valence-corrected chi connectivity index (χ3v) is 6.54. The van der Waals surface area contributed by atoms with Crippen molar-refractivity contribution in [2.75, 3.05) is 31.0 Å². The largest absolute Gasteiger partial charge is 0.496 e. The molecule has 0 radical (unpaired) electrons. The number of carbonyl (C=O) groups is 1. The summed E-state index contributed by atoms with van der Waals surface area (Å²) in [5.74, 6) is 1.71. The normalized spacial score (nSPS) is 16.8. The molecular formula is C18H19BrN2O2S2. The van der Waals surface area contributed by atoms with Gasteiger partial charge in [0.05, 0.1) is 11.6 Å². The molecule has 1 heterocycles. The predicted molar refractivity (Wildman–Crippen MR) is 110 cm³/mol. The van der Waals surface area contributed by atoms with E-state index in [1.807, 2.05) is 53.6 Å². The summed E-state index contributed by atoms with van der Waals surface area (Å²) in [4.78, 5) is 15.8. The fraction of sp³-hybridized carbons (Fsp3) is 0.278. The van der Waals surface area contributed by atoms with Gasteiger partial charge in [-0.2, -0.15) is 0 Å². The Kier molecular flexibility index (Phi) is 6.19. The molecule has 132 valence electrons. The third-order valence-electron chi connectivity index (χ3n) is 3.93. The van der Waals surface area contributed by atoms with Crippen molar-refractivity contribution in [2.24, 2.45) is 0 Å². The maximum Gasteiger partial charge on any atom is 0.323 e. The second kappa shape index (κ2) is 8.38. The van der Waals surface area contributed by atoms with Gasteiger partial charge in [0.25, 0.3) is 0 Å². The molecule has 1 unspecified atom stereocenters. The minimum Gasteiger partial charge on any atom is -0.496 e. The van der Waals surface area contributed by atoms with Crippen LogP contribution >= 0.6 is 39.5 Å². The van der Waals surface area contributed by atoms with Crippen LogP contribution in [0.2, 0.25) is 0 Å². The highest BCUT2D eigenvalue weighted by molar-refractivity contribution is 9.10. The molecule has 2 aromatic rings. The average molecular weight is 439 g/mol. The number of anilines is 1. The minimum absolute atomic E-state index is 0.00550. The first kappa shape index (κ1) is 18.5. The molecule has 1 saturated heterocycles. The molecule has 1 aliphatic heterocycles. The van der Waals surface area contributed by atoms with Crippen molar-refractivity contribution >= 4 is 51.2 Å². The van der Waals surface area contributed by atoms with Gasteiger partial charge >= 0.3 is 6.03 Å². The number of hydrogen-bond donors (Lipinski definition) is 1. The number of ether oxygens (including phenoxy) is 1. The molecule has 0 aromatic heterocycles. The van der Waals surface area contributed by atoms with Crippen molar-refractivity contribution in [3.05, 3.63) is 52.5 Å². The van der Waals surface area contributed by atoms with E-state index in [2.05, 4.69) is 21.2 Å². The van der Waals surface area contributed by atoms with E-state index < -0.39 is 0 Å². The summed E-state index contributed by atoms with van der Waals surface area (Å²) < 4.78 is 6.19. The summed E-state index contributed by atoms with van der Waals surface area (Å²) in [7, 11) is 1.65. The van der Waals surface area contributed by atoms with Crippen LogP contribution in [0.5, 0.6) is 5.75 Å². The van der Waals surface area contributed by atoms with Crippen molar-refractivity contribution in [1.29, 1.82) is 0 Å². The fourth-order valence-electron chi connectivity index (χ4n) is 2.69. The van der Waals surface area contributed by atoms with Crippen LogP contribution in [0.1, 0.15) is 10.9 Å². The first-order valence-corrected chi connectivity index (χ1v) is 10.9. The highest BCUT2D eigenvalue weighted by atomic mass is 79.9. The number of carbonyl (C=O) groups excluding carboxylic acids is 1. The lowest BCUT2D eigenvalue weighted by Gasteiger charge is -2.25. The highest BCUT2D eigenvalue weighted by Crippen LogP contribution is 2.40. The van der Waals surface area contributed by atoms with Gasteiger partial charge in [0.2, 0.25) is 0 Å². The van der Waals surface area contributed by atoms with E-state index in [-0.39, 0.29) is 11.4 Å². The standard InChI is InChI=1S/C18H19BrN2O2S2/c1-23-16-7-6-12(10-15(16)19)17-21(8-9-25-17)18(22)20-13-4-3-5-14(11-13)24-2/h3-7,10-11,17H,8-9H2,1-2H3,(H,20,22). The molecular weight excluding hydrogens is 420 g/mol. The van der Waals surface area contributed by atoms with Gasteiger partial charge in [0.1, 0.15) is 11.1 Å². The number of nitrogens with zero attached hydrogens (tertiary/aromatic N) is 1. The fourth-order valence-corrected chi connectivity index (χ4v) is 4.95. The van der Waals surface area contributed by atoms with Gasteiger partial charge in [-0.3, -0.25) is 0 Å². The molecule has 2 aromatic carbocycles. The van der Waals surface area contributed by atoms with Gasteiger partial charge in [-0.15, -0.1) is 23.5 Å². The zero-order valence-electron chi connectivity index (χ0n) is 14.0. The van der Waals surface area contributed by atoms with Crippen LogP contribution in [0.15, 0.2) is 51.8 Å². The lowest BCUT2D eigenvalue weighted by Crippen LogP contribution is -2.34. The second-order valence-corrected chi connectivity index (χ2v) is 8.39. The number of thioether (sulfide) groups is 2. The zero-order valence-corrected chi connectivity index (χ0v) is 17.2. The Morgan fingerprint density at radius 3 is 2.92 bits per heavy atom. The van der Waals surface area contributed by atoms with Gasteiger partial charge in [-0.05, 0) is 58.1 Å². The Labute approximate surface area is 164 Å². The van der Waals surface area contributed by atoms with Crippen LogP contribution in [0, 0.1) is 0 Å². The van der Waals surface area contributed by atoms with E-state index in [0.29, 0.717) is 0 Å². The molecule has 0 bridgehead atoms. The van der Waals surface area contributed by atoms with E-state index in [0.717, 1.165) is 38.7 Å². The number of urea groups is 1. The van der Waals surface area contributed by atoms with Gasteiger partial charge in [0.15, 0.2) is 0 Å². The number of methoxy groups -OCH3 is 1. The van der Waals surface area contributed by atoms with E-state index in [1.54, 1.807) is 30.6 Å².